The van der Waals surface area contributed by atoms with E-state index in [0.29, 0.717) is 11.9 Å². The van der Waals surface area contributed by atoms with Gasteiger partial charge in [-0.05, 0) is 38.1 Å². The Labute approximate surface area is 164 Å². The molecule has 10 heteroatoms. The van der Waals surface area contributed by atoms with Gasteiger partial charge in [-0.25, -0.2) is 18.1 Å². The second-order valence-electron chi connectivity index (χ2n) is 6.31. The summed E-state index contributed by atoms with van der Waals surface area (Å²) in [5, 5.41) is 11.1. The first-order valence-corrected chi connectivity index (χ1v) is 8.80. The third-order valence-corrected chi connectivity index (χ3v) is 3.98. The lowest BCUT2D eigenvalue weighted by Gasteiger charge is -2.10. The van der Waals surface area contributed by atoms with Crippen LogP contribution in [0.3, 0.4) is 0 Å². The number of nitrogens with one attached hydrogen (secondary N) is 1. The number of hydrogen-bond acceptors (Lipinski definition) is 5. The van der Waals surface area contributed by atoms with Crippen LogP contribution in [-0.2, 0) is 11.3 Å². The summed E-state index contributed by atoms with van der Waals surface area (Å²) in [4.78, 5) is 23.9. The lowest BCUT2D eigenvalue weighted by molar-refractivity contribution is -0.123. The molecule has 1 aromatic carbocycles. The number of amides is 1. The largest absolute Gasteiger partial charge is 0.481 e. The molecule has 0 atom stereocenters. The highest BCUT2D eigenvalue weighted by atomic mass is 19.1. The molecule has 0 aliphatic heterocycles. The van der Waals surface area contributed by atoms with E-state index < -0.39 is 24.1 Å². The first kappa shape index (κ1) is 20.2. The predicted octanol–water partition coefficient (Wildman–Crippen LogP) is 1.52. The van der Waals surface area contributed by atoms with Crippen molar-refractivity contribution in [2.75, 3.05) is 13.2 Å². The standard InChI is InChI=1S/C19H19F2N5O3/c1-12-9-13(2)26(23-12)17-5-6-19(28)25(24-17)8-7-22-18(27)11-29-16-4-3-14(20)10-15(16)21/h3-6,9-10H,7-8,11H2,1-2H3,(H,22,27). The normalized spacial score (nSPS) is 10.8. The van der Waals surface area contributed by atoms with Crippen molar-refractivity contribution < 1.29 is 18.3 Å². The van der Waals surface area contributed by atoms with Crippen molar-refractivity contribution in [2.24, 2.45) is 0 Å². The summed E-state index contributed by atoms with van der Waals surface area (Å²) in [5.41, 5.74) is 1.37. The number of hydrogen-bond donors (Lipinski definition) is 1. The van der Waals surface area contributed by atoms with Crippen LogP contribution in [0.1, 0.15) is 11.4 Å². The molecule has 2 heterocycles. The highest BCUT2D eigenvalue weighted by Crippen LogP contribution is 2.17. The quantitative estimate of drug-likeness (QED) is 0.646. The van der Waals surface area contributed by atoms with Crippen LogP contribution in [0.25, 0.3) is 5.82 Å². The van der Waals surface area contributed by atoms with Gasteiger partial charge >= 0.3 is 0 Å². The minimum Gasteiger partial charge on any atom is -0.481 e. The molecule has 8 nitrogen and oxygen atoms in total. The molecule has 0 saturated carbocycles. The van der Waals surface area contributed by atoms with E-state index in [2.05, 4.69) is 15.5 Å². The molecular weight excluding hydrogens is 384 g/mol. The maximum Gasteiger partial charge on any atom is 0.266 e. The van der Waals surface area contributed by atoms with Gasteiger partial charge in [0, 0.05) is 24.4 Å². The number of nitrogens with zero attached hydrogens (tertiary/aromatic N) is 4. The molecule has 0 bridgehead atoms. The third kappa shape index (κ3) is 5.03. The zero-order valence-corrected chi connectivity index (χ0v) is 15.9. The van der Waals surface area contributed by atoms with E-state index >= 15 is 0 Å². The van der Waals surface area contributed by atoms with Crippen LogP contribution in [0.2, 0.25) is 0 Å². The first-order valence-electron chi connectivity index (χ1n) is 8.80. The van der Waals surface area contributed by atoms with Gasteiger partial charge in [-0.3, -0.25) is 9.59 Å². The van der Waals surface area contributed by atoms with Crippen LogP contribution < -0.4 is 15.6 Å². The van der Waals surface area contributed by atoms with Crippen LogP contribution in [0, 0.1) is 25.5 Å². The Hall–Kier alpha value is -3.56. The summed E-state index contributed by atoms with van der Waals surface area (Å²) in [7, 11) is 0. The van der Waals surface area contributed by atoms with Crippen LogP contribution in [-0.4, -0.2) is 38.6 Å². The van der Waals surface area contributed by atoms with E-state index in [0.717, 1.165) is 23.5 Å². The molecule has 0 saturated heterocycles. The molecule has 2 aromatic heterocycles. The highest BCUT2D eigenvalue weighted by molar-refractivity contribution is 5.77. The monoisotopic (exact) mass is 403 g/mol. The van der Waals surface area contributed by atoms with E-state index in [1.54, 1.807) is 10.7 Å². The number of carbonyl (C=O) groups is 1. The molecule has 3 rings (SSSR count). The SMILES string of the molecule is Cc1cc(C)n(-c2ccc(=O)n(CCNC(=O)COc3ccc(F)cc3F)n2)n1. The van der Waals surface area contributed by atoms with E-state index in [-0.39, 0.29) is 24.4 Å². The molecule has 0 aliphatic carbocycles. The van der Waals surface area contributed by atoms with Gasteiger partial charge < -0.3 is 10.1 Å². The molecule has 29 heavy (non-hydrogen) atoms. The molecule has 3 aromatic rings. The van der Waals surface area contributed by atoms with E-state index in [1.165, 1.54) is 10.7 Å². The smallest absolute Gasteiger partial charge is 0.266 e. The number of benzene rings is 1. The molecular formula is C19H19F2N5O3. The Bertz CT molecular complexity index is 1090. The number of rotatable bonds is 7. The number of halogens is 2. The molecule has 0 fully saturated rings. The van der Waals surface area contributed by atoms with Crippen LogP contribution in [0.15, 0.2) is 41.2 Å². The maximum absolute atomic E-state index is 13.5. The Morgan fingerprint density at radius 2 is 1.93 bits per heavy atom. The van der Waals surface area contributed by atoms with E-state index in [4.69, 9.17) is 4.74 Å². The van der Waals surface area contributed by atoms with Crippen LogP contribution in [0.4, 0.5) is 8.78 Å². The van der Waals surface area contributed by atoms with E-state index in [1.807, 2.05) is 19.9 Å². The summed E-state index contributed by atoms with van der Waals surface area (Å²) in [6.07, 6.45) is 0. The summed E-state index contributed by atoms with van der Waals surface area (Å²) < 4.78 is 34.2. The third-order valence-electron chi connectivity index (χ3n) is 3.98. The first-order chi connectivity index (χ1) is 13.8. The molecule has 152 valence electrons. The molecule has 0 aliphatic rings. The van der Waals surface area contributed by atoms with Gasteiger partial charge in [-0.2, -0.15) is 5.10 Å². The van der Waals surface area contributed by atoms with Gasteiger partial charge in [-0.1, -0.05) is 0 Å². The van der Waals surface area contributed by atoms with Gasteiger partial charge in [0.1, 0.15) is 5.82 Å². The second kappa shape index (κ2) is 8.63. The Morgan fingerprint density at radius 1 is 1.14 bits per heavy atom. The van der Waals surface area contributed by atoms with Crippen molar-refractivity contribution in [1.29, 1.82) is 0 Å². The van der Waals surface area contributed by atoms with Gasteiger partial charge in [0.05, 0.1) is 12.2 Å². The minimum absolute atomic E-state index is 0.113. The summed E-state index contributed by atoms with van der Waals surface area (Å²) in [5.74, 6) is -1.89. The minimum atomic E-state index is -0.894. The number of carbonyl (C=O) groups excluding carboxylic acids is 1. The Balaban J connectivity index is 1.56. The number of aryl methyl sites for hydroxylation is 2. The van der Waals surface area contributed by atoms with Crippen molar-refractivity contribution in [2.45, 2.75) is 20.4 Å². The molecule has 0 spiro atoms. The highest BCUT2D eigenvalue weighted by Gasteiger charge is 2.10. The van der Waals surface area contributed by atoms with E-state index in [9.17, 15) is 18.4 Å². The Kier molecular flexibility index (Phi) is 6.01. The topological polar surface area (TPSA) is 91.0 Å². The van der Waals surface area contributed by atoms with Gasteiger partial charge in [0.15, 0.2) is 24.0 Å². The summed E-state index contributed by atoms with van der Waals surface area (Å²) in [6.45, 7) is 3.52. The average Bonchev–Trinajstić information content (AvgIpc) is 3.00. The average molecular weight is 403 g/mol. The van der Waals surface area contributed by atoms with Gasteiger partial charge in [0.25, 0.3) is 11.5 Å². The molecule has 1 N–H and O–H groups in total. The number of ether oxygens (including phenoxy) is 1. The van der Waals surface area contributed by atoms with Crippen molar-refractivity contribution in [1.82, 2.24) is 24.9 Å². The summed E-state index contributed by atoms with van der Waals surface area (Å²) >= 11 is 0. The van der Waals surface area contributed by atoms with Gasteiger partial charge in [0.2, 0.25) is 0 Å². The van der Waals surface area contributed by atoms with Crippen molar-refractivity contribution in [3.05, 3.63) is 69.8 Å². The van der Waals surface area contributed by atoms with Crippen molar-refractivity contribution in [3.63, 3.8) is 0 Å². The van der Waals surface area contributed by atoms with Crippen molar-refractivity contribution in [3.8, 4) is 11.6 Å². The van der Waals surface area contributed by atoms with Gasteiger partial charge in [-0.15, -0.1) is 5.10 Å². The predicted molar refractivity (Wildman–Crippen MR) is 100.0 cm³/mol. The summed E-state index contributed by atoms with van der Waals surface area (Å²) in [6, 6.07) is 7.64. The number of aromatic nitrogens is 4. The maximum atomic E-state index is 13.5. The Morgan fingerprint density at radius 3 is 2.62 bits per heavy atom. The zero-order valence-electron chi connectivity index (χ0n) is 15.9. The fourth-order valence-corrected chi connectivity index (χ4v) is 2.66. The lowest BCUT2D eigenvalue weighted by Crippen LogP contribution is -2.34. The fourth-order valence-electron chi connectivity index (χ4n) is 2.66. The lowest BCUT2D eigenvalue weighted by atomic mass is 10.3. The van der Waals surface area contributed by atoms with Crippen LogP contribution in [0.5, 0.6) is 5.75 Å². The fraction of sp³-hybridized carbons (Fsp3) is 0.263. The van der Waals surface area contributed by atoms with Crippen LogP contribution >= 0.6 is 0 Å². The van der Waals surface area contributed by atoms with Crippen molar-refractivity contribution >= 4 is 5.91 Å². The molecule has 1 amide bonds. The molecule has 0 radical (unpaired) electrons. The second-order valence-corrected chi connectivity index (χ2v) is 6.31. The zero-order chi connectivity index (χ0) is 21.0. The molecule has 0 unspecified atom stereocenters.